The molecule has 1 amide bonds. The van der Waals surface area contributed by atoms with E-state index in [1.54, 1.807) is 13.1 Å². The van der Waals surface area contributed by atoms with E-state index in [2.05, 4.69) is 21.4 Å². The van der Waals surface area contributed by atoms with Gasteiger partial charge in [0.2, 0.25) is 0 Å². The van der Waals surface area contributed by atoms with Crippen LogP contribution < -0.4 is 5.32 Å². The second-order valence-electron chi connectivity index (χ2n) is 5.88. The first-order valence-electron chi connectivity index (χ1n) is 7.90. The third-order valence-corrected chi connectivity index (χ3v) is 4.64. The van der Waals surface area contributed by atoms with Crippen LogP contribution in [0.5, 0.6) is 0 Å². The minimum absolute atomic E-state index is 0.146. The molecule has 1 aliphatic heterocycles. The quantitative estimate of drug-likeness (QED) is 0.936. The lowest BCUT2D eigenvalue weighted by molar-refractivity contribution is 0.0955. The Hall–Kier alpha value is -1.85. The van der Waals surface area contributed by atoms with Crippen molar-refractivity contribution in [3.05, 3.63) is 52.8 Å². The number of nitrogens with one attached hydrogen (secondary N) is 1. The third kappa shape index (κ3) is 3.74. The van der Waals surface area contributed by atoms with E-state index in [-0.39, 0.29) is 5.91 Å². The van der Waals surface area contributed by atoms with E-state index in [9.17, 15) is 4.79 Å². The first-order chi connectivity index (χ1) is 11.2. The predicted octanol–water partition coefficient (Wildman–Crippen LogP) is 2.73. The highest BCUT2D eigenvalue weighted by Gasteiger charge is 2.23. The average Bonchev–Trinajstić information content (AvgIpc) is 3.07. The van der Waals surface area contributed by atoms with Crippen molar-refractivity contribution in [1.29, 1.82) is 0 Å². The number of halogens is 1. The number of hydrogen-bond acceptors (Lipinski definition) is 3. The second-order valence-corrected chi connectivity index (χ2v) is 6.29. The molecule has 2 heterocycles. The molecule has 122 valence electrons. The molecule has 23 heavy (non-hydrogen) atoms. The molecule has 5 nitrogen and oxygen atoms in total. The number of hydrogen-bond donors (Lipinski definition) is 1. The zero-order valence-corrected chi connectivity index (χ0v) is 14.0. The van der Waals surface area contributed by atoms with E-state index >= 15 is 0 Å². The fourth-order valence-electron chi connectivity index (χ4n) is 3.05. The number of likely N-dealkylation sites (tertiary alicyclic amines) is 1. The van der Waals surface area contributed by atoms with E-state index < -0.39 is 0 Å². The number of rotatable bonds is 4. The van der Waals surface area contributed by atoms with Gasteiger partial charge in [-0.1, -0.05) is 29.8 Å². The topological polar surface area (TPSA) is 50.2 Å². The SMILES string of the molecule is CNC(=O)c1ccn(C2CCCN(Cc3ccccc3Cl)C2)n1. The van der Waals surface area contributed by atoms with E-state index in [0.29, 0.717) is 11.7 Å². The minimum atomic E-state index is -0.146. The summed E-state index contributed by atoms with van der Waals surface area (Å²) in [6.07, 6.45) is 4.09. The lowest BCUT2D eigenvalue weighted by atomic mass is 10.0. The molecule has 3 rings (SSSR count). The standard InChI is InChI=1S/C17H21ClN4O/c1-19-17(23)16-8-10-22(20-16)14-6-4-9-21(12-14)11-13-5-2-3-7-15(13)18/h2-3,5,7-8,10,14H,4,6,9,11-12H2,1H3,(H,19,23). The van der Waals surface area contributed by atoms with Gasteiger partial charge in [0.15, 0.2) is 0 Å². The van der Waals surface area contributed by atoms with Crippen LogP contribution in [-0.2, 0) is 6.54 Å². The van der Waals surface area contributed by atoms with E-state index in [1.807, 2.05) is 29.1 Å². The molecule has 0 bridgehead atoms. The Kier molecular flexibility index (Phi) is 4.98. The molecular weight excluding hydrogens is 312 g/mol. The normalized spacial score (nSPS) is 18.8. The van der Waals surface area contributed by atoms with Crippen LogP contribution in [0.25, 0.3) is 0 Å². The minimum Gasteiger partial charge on any atom is -0.354 e. The van der Waals surface area contributed by atoms with Crippen molar-refractivity contribution in [1.82, 2.24) is 20.0 Å². The van der Waals surface area contributed by atoms with E-state index in [1.165, 1.54) is 0 Å². The maximum Gasteiger partial charge on any atom is 0.271 e. The van der Waals surface area contributed by atoms with Crippen molar-refractivity contribution in [2.45, 2.75) is 25.4 Å². The average molecular weight is 333 g/mol. The first kappa shape index (κ1) is 16.0. The van der Waals surface area contributed by atoms with Crippen LogP contribution in [0.4, 0.5) is 0 Å². The summed E-state index contributed by atoms with van der Waals surface area (Å²) in [7, 11) is 1.62. The van der Waals surface area contributed by atoms with Crippen molar-refractivity contribution in [3.63, 3.8) is 0 Å². The molecule has 1 saturated heterocycles. The van der Waals surface area contributed by atoms with Crippen LogP contribution in [0.15, 0.2) is 36.5 Å². The largest absolute Gasteiger partial charge is 0.354 e. The number of piperidine rings is 1. The Labute approximate surface area is 141 Å². The summed E-state index contributed by atoms with van der Waals surface area (Å²) in [5.74, 6) is -0.146. The molecule has 0 saturated carbocycles. The first-order valence-corrected chi connectivity index (χ1v) is 8.28. The van der Waals surface area contributed by atoms with Crippen molar-refractivity contribution in [3.8, 4) is 0 Å². The number of amides is 1. The smallest absolute Gasteiger partial charge is 0.271 e. The maximum absolute atomic E-state index is 11.6. The molecule has 2 aromatic rings. The summed E-state index contributed by atoms with van der Waals surface area (Å²) < 4.78 is 1.92. The molecule has 0 spiro atoms. The number of carbonyl (C=O) groups excluding carboxylic acids is 1. The maximum atomic E-state index is 11.6. The number of aromatic nitrogens is 2. The fraction of sp³-hybridized carbons (Fsp3) is 0.412. The lowest BCUT2D eigenvalue weighted by Gasteiger charge is -2.33. The summed E-state index contributed by atoms with van der Waals surface area (Å²) >= 11 is 6.26. The molecule has 1 aromatic carbocycles. The van der Waals surface area contributed by atoms with Crippen LogP contribution in [0.2, 0.25) is 5.02 Å². The van der Waals surface area contributed by atoms with Gasteiger partial charge in [-0.05, 0) is 37.1 Å². The molecule has 1 fully saturated rings. The Morgan fingerprint density at radius 1 is 1.39 bits per heavy atom. The molecule has 0 radical (unpaired) electrons. The second kappa shape index (κ2) is 7.15. The number of nitrogens with zero attached hydrogens (tertiary/aromatic N) is 3. The molecule has 1 aromatic heterocycles. The van der Waals surface area contributed by atoms with Crippen molar-refractivity contribution in [2.75, 3.05) is 20.1 Å². The third-order valence-electron chi connectivity index (χ3n) is 4.27. The van der Waals surface area contributed by atoms with Crippen molar-refractivity contribution in [2.24, 2.45) is 0 Å². The van der Waals surface area contributed by atoms with E-state index in [4.69, 9.17) is 11.6 Å². The van der Waals surface area contributed by atoms with Gasteiger partial charge in [0.1, 0.15) is 5.69 Å². The van der Waals surface area contributed by atoms with Gasteiger partial charge < -0.3 is 5.32 Å². The molecule has 0 aliphatic carbocycles. The van der Waals surface area contributed by atoms with Crippen LogP contribution >= 0.6 is 11.6 Å². The Bertz CT molecular complexity index is 685. The van der Waals surface area contributed by atoms with Gasteiger partial charge in [-0.2, -0.15) is 5.10 Å². The summed E-state index contributed by atoms with van der Waals surface area (Å²) in [4.78, 5) is 14.0. The fourth-order valence-corrected chi connectivity index (χ4v) is 3.24. The lowest BCUT2D eigenvalue weighted by Crippen LogP contribution is -2.36. The highest BCUT2D eigenvalue weighted by atomic mass is 35.5. The Morgan fingerprint density at radius 2 is 2.22 bits per heavy atom. The highest BCUT2D eigenvalue weighted by Crippen LogP contribution is 2.24. The van der Waals surface area contributed by atoms with Gasteiger partial charge in [0.05, 0.1) is 6.04 Å². The molecule has 1 aliphatic rings. The van der Waals surface area contributed by atoms with Gasteiger partial charge in [0, 0.05) is 31.4 Å². The molecule has 6 heteroatoms. The Morgan fingerprint density at radius 3 is 3.00 bits per heavy atom. The number of benzene rings is 1. The monoisotopic (exact) mass is 332 g/mol. The summed E-state index contributed by atoms with van der Waals surface area (Å²) in [6.45, 7) is 2.82. The summed E-state index contributed by atoms with van der Waals surface area (Å²) in [5, 5.41) is 7.84. The van der Waals surface area contributed by atoms with Crippen LogP contribution in [0, 0.1) is 0 Å². The van der Waals surface area contributed by atoms with Gasteiger partial charge in [-0.15, -0.1) is 0 Å². The van der Waals surface area contributed by atoms with Gasteiger partial charge in [0.25, 0.3) is 5.91 Å². The molecular formula is C17H21ClN4O. The molecule has 1 unspecified atom stereocenters. The Balaban J connectivity index is 1.67. The zero-order chi connectivity index (χ0) is 16.2. The number of carbonyl (C=O) groups is 1. The van der Waals surface area contributed by atoms with E-state index in [0.717, 1.165) is 43.1 Å². The van der Waals surface area contributed by atoms with Crippen LogP contribution in [0.3, 0.4) is 0 Å². The van der Waals surface area contributed by atoms with Gasteiger partial charge in [-0.25, -0.2) is 0 Å². The highest BCUT2D eigenvalue weighted by molar-refractivity contribution is 6.31. The zero-order valence-electron chi connectivity index (χ0n) is 13.2. The summed E-state index contributed by atoms with van der Waals surface area (Å²) in [6, 6.07) is 10.0. The predicted molar refractivity (Wildman–Crippen MR) is 90.6 cm³/mol. The summed E-state index contributed by atoms with van der Waals surface area (Å²) in [5.41, 5.74) is 1.62. The van der Waals surface area contributed by atoms with Crippen LogP contribution in [0.1, 0.15) is 34.9 Å². The van der Waals surface area contributed by atoms with Gasteiger partial charge >= 0.3 is 0 Å². The van der Waals surface area contributed by atoms with Crippen molar-refractivity contribution >= 4 is 17.5 Å². The van der Waals surface area contributed by atoms with Gasteiger partial charge in [-0.3, -0.25) is 14.4 Å². The van der Waals surface area contributed by atoms with Crippen molar-refractivity contribution < 1.29 is 4.79 Å². The molecule has 1 atom stereocenters. The van der Waals surface area contributed by atoms with Crippen LogP contribution in [-0.4, -0.2) is 40.7 Å². The molecule has 1 N–H and O–H groups in total.